The van der Waals surface area contributed by atoms with Crippen LogP contribution in [0.2, 0.25) is 10.0 Å². The van der Waals surface area contributed by atoms with Crippen molar-refractivity contribution in [2.24, 2.45) is 0 Å². The van der Waals surface area contributed by atoms with Crippen molar-refractivity contribution in [2.45, 2.75) is 4.34 Å². The maximum atomic E-state index is 12.8. The van der Waals surface area contributed by atoms with Gasteiger partial charge in [-0.2, -0.15) is 0 Å². The molecule has 1 saturated heterocycles. The van der Waals surface area contributed by atoms with E-state index in [-0.39, 0.29) is 17.6 Å². The number of halogens is 2. The van der Waals surface area contributed by atoms with Gasteiger partial charge in [-0.3, -0.25) is 9.59 Å². The van der Waals surface area contributed by atoms with E-state index in [2.05, 4.69) is 20.4 Å². The first-order valence-corrected chi connectivity index (χ1v) is 12.4. The summed E-state index contributed by atoms with van der Waals surface area (Å²) < 4.78 is 0.731. The molecule has 2 amide bonds. The number of piperazine rings is 1. The molecule has 7 nitrogen and oxygen atoms in total. The molecule has 0 unspecified atom stereocenters. The Kier molecular flexibility index (Phi) is 7.51. The van der Waals surface area contributed by atoms with Gasteiger partial charge in [-0.15, -0.1) is 10.2 Å². The van der Waals surface area contributed by atoms with Crippen LogP contribution in [0.3, 0.4) is 0 Å². The normalized spacial score (nSPS) is 13.8. The van der Waals surface area contributed by atoms with Crippen molar-refractivity contribution < 1.29 is 9.59 Å². The third kappa shape index (κ3) is 5.72. The van der Waals surface area contributed by atoms with Gasteiger partial charge in [0, 0.05) is 36.9 Å². The molecular weight excluding hydrogens is 489 g/mol. The van der Waals surface area contributed by atoms with E-state index in [9.17, 15) is 9.59 Å². The lowest BCUT2D eigenvalue weighted by Crippen LogP contribution is -2.48. The second-order valence-corrected chi connectivity index (χ2v) is 9.98. The molecule has 4 rings (SSSR count). The lowest BCUT2D eigenvalue weighted by atomic mass is 10.2. The largest absolute Gasteiger partial charge is 0.343 e. The molecular formula is C21H19Cl2N5O2S2. The molecule has 11 heteroatoms. The predicted octanol–water partition coefficient (Wildman–Crippen LogP) is 4.54. The van der Waals surface area contributed by atoms with E-state index in [4.69, 9.17) is 23.2 Å². The van der Waals surface area contributed by atoms with Crippen molar-refractivity contribution in [3.63, 3.8) is 0 Å². The number of aromatic nitrogens is 2. The summed E-state index contributed by atoms with van der Waals surface area (Å²) >= 11 is 14.9. The number of benzene rings is 2. The SMILES string of the molecule is O=C(CSc1nnc(N2CCN(C(=O)c3ccc(Cl)cc3Cl)CC2)s1)Nc1ccccc1. The molecule has 3 aromatic rings. The average molecular weight is 508 g/mol. The quantitative estimate of drug-likeness (QED) is 0.493. The molecule has 32 heavy (non-hydrogen) atoms. The van der Waals surface area contributed by atoms with Crippen molar-refractivity contribution in [2.75, 3.05) is 42.1 Å². The van der Waals surface area contributed by atoms with E-state index in [1.807, 2.05) is 30.3 Å². The standard InChI is InChI=1S/C21H19Cl2N5O2S2/c22-14-6-7-16(17(23)12-14)19(30)27-8-10-28(11-9-27)20-25-26-21(32-20)31-13-18(29)24-15-4-2-1-3-5-15/h1-7,12H,8-11,13H2,(H,24,29). The van der Waals surface area contributed by atoms with Crippen molar-refractivity contribution >= 4 is 68.9 Å². The molecule has 0 saturated carbocycles. The maximum absolute atomic E-state index is 12.8. The van der Waals surface area contributed by atoms with Gasteiger partial charge in [0.1, 0.15) is 0 Å². The molecule has 0 atom stereocenters. The van der Waals surface area contributed by atoms with Gasteiger partial charge in [-0.1, -0.05) is 64.5 Å². The Morgan fingerprint density at radius 3 is 2.50 bits per heavy atom. The number of amides is 2. The fourth-order valence-corrected chi connectivity index (χ4v) is 5.35. The van der Waals surface area contributed by atoms with Gasteiger partial charge in [0.05, 0.1) is 16.3 Å². The van der Waals surface area contributed by atoms with Crippen LogP contribution in [0, 0.1) is 0 Å². The van der Waals surface area contributed by atoms with Crippen LogP contribution >= 0.6 is 46.3 Å². The lowest BCUT2D eigenvalue weighted by Gasteiger charge is -2.34. The van der Waals surface area contributed by atoms with Crippen LogP contribution < -0.4 is 10.2 Å². The molecule has 1 fully saturated rings. The highest BCUT2D eigenvalue weighted by Gasteiger charge is 2.25. The van der Waals surface area contributed by atoms with Gasteiger partial charge in [0.25, 0.3) is 5.91 Å². The molecule has 166 valence electrons. The van der Waals surface area contributed by atoms with Crippen LogP contribution in [-0.2, 0) is 4.79 Å². The summed E-state index contributed by atoms with van der Waals surface area (Å²) in [5.74, 6) is 0.0587. The van der Waals surface area contributed by atoms with E-state index in [0.717, 1.165) is 15.2 Å². The van der Waals surface area contributed by atoms with E-state index in [1.165, 1.54) is 23.1 Å². The zero-order chi connectivity index (χ0) is 22.5. The minimum absolute atomic E-state index is 0.0917. The van der Waals surface area contributed by atoms with Crippen LogP contribution in [0.1, 0.15) is 10.4 Å². The van der Waals surface area contributed by atoms with Crippen molar-refractivity contribution in [1.29, 1.82) is 0 Å². The Labute approximate surface area is 203 Å². The van der Waals surface area contributed by atoms with Gasteiger partial charge < -0.3 is 15.1 Å². The fourth-order valence-electron chi connectivity index (χ4n) is 3.17. The number of anilines is 2. The number of nitrogens with zero attached hydrogens (tertiary/aromatic N) is 4. The maximum Gasteiger partial charge on any atom is 0.255 e. The van der Waals surface area contributed by atoms with Gasteiger partial charge in [-0.05, 0) is 30.3 Å². The summed E-state index contributed by atoms with van der Waals surface area (Å²) in [4.78, 5) is 28.8. The highest BCUT2D eigenvalue weighted by atomic mass is 35.5. The minimum atomic E-state index is -0.107. The molecule has 0 spiro atoms. The highest BCUT2D eigenvalue weighted by Crippen LogP contribution is 2.29. The molecule has 0 aliphatic carbocycles. The van der Waals surface area contributed by atoms with Crippen molar-refractivity contribution in [1.82, 2.24) is 15.1 Å². The van der Waals surface area contributed by atoms with Crippen LogP contribution in [-0.4, -0.2) is 58.8 Å². The molecule has 0 bridgehead atoms. The summed E-state index contributed by atoms with van der Waals surface area (Å²) in [7, 11) is 0. The Morgan fingerprint density at radius 2 is 1.78 bits per heavy atom. The van der Waals surface area contributed by atoms with Gasteiger partial charge in [-0.25, -0.2) is 0 Å². The summed E-state index contributed by atoms with van der Waals surface area (Å²) in [6.07, 6.45) is 0. The lowest BCUT2D eigenvalue weighted by molar-refractivity contribution is -0.113. The summed E-state index contributed by atoms with van der Waals surface area (Å²) in [6.45, 7) is 2.40. The summed E-state index contributed by atoms with van der Waals surface area (Å²) in [5, 5.41) is 12.9. The Balaban J connectivity index is 1.27. The number of rotatable bonds is 6. The van der Waals surface area contributed by atoms with E-state index in [1.54, 1.807) is 23.1 Å². The van der Waals surface area contributed by atoms with Crippen LogP contribution in [0.4, 0.5) is 10.8 Å². The number of carbonyl (C=O) groups excluding carboxylic acids is 2. The van der Waals surface area contributed by atoms with Gasteiger partial charge in [0.2, 0.25) is 11.0 Å². The highest BCUT2D eigenvalue weighted by molar-refractivity contribution is 8.01. The van der Waals surface area contributed by atoms with Gasteiger partial charge >= 0.3 is 0 Å². The van der Waals surface area contributed by atoms with Crippen molar-refractivity contribution in [3.05, 3.63) is 64.1 Å². The number of carbonyl (C=O) groups is 2. The Bertz CT molecular complexity index is 1100. The fraction of sp³-hybridized carbons (Fsp3) is 0.238. The molecule has 2 aromatic carbocycles. The van der Waals surface area contributed by atoms with Crippen LogP contribution in [0.15, 0.2) is 52.9 Å². The van der Waals surface area contributed by atoms with Crippen molar-refractivity contribution in [3.8, 4) is 0 Å². The molecule has 1 aliphatic heterocycles. The van der Waals surface area contributed by atoms with E-state index >= 15 is 0 Å². The second kappa shape index (κ2) is 10.5. The topological polar surface area (TPSA) is 78.4 Å². The van der Waals surface area contributed by atoms with E-state index < -0.39 is 0 Å². The first-order chi connectivity index (χ1) is 15.5. The number of hydrogen-bond donors (Lipinski definition) is 1. The Morgan fingerprint density at radius 1 is 1.03 bits per heavy atom. The smallest absolute Gasteiger partial charge is 0.255 e. The third-order valence-electron chi connectivity index (χ3n) is 4.78. The molecule has 1 aliphatic rings. The minimum Gasteiger partial charge on any atom is -0.343 e. The zero-order valence-electron chi connectivity index (χ0n) is 16.8. The summed E-state index contributed by atoms with van der Waals surface area (Å²) in [6, 6.07) is 14.2. The third-order valence-corrected chi connectivity index (χ3v) is 7.44. The van der Waals surface area contributed by atoms with E-state index in [0.29, 0.717) is 41.8 Å². The number of para-hydroxylation sites is 1. The zero-order valence-corrected chi connectivity index (χ0v) is 20.0. The summed E-state index contributed by atoms with van der Waals surface area (Å²) in [5.41, 5.74) is 1.22. The Hall–Kier alpha value is -2.33. The number of thioether (sulfide) groups is 1. The van der Waals surface area contributed by atoms with Gasteiger partial charge in [0.15, 0.2) is 4.34 Å². The van der Waals surface area contributed by atoms with Crippen LogP contribution in [0.5, 0.6) is 0 Å². The average Bonchev–Trinajstić information content (AvgIpc) is 3.27. The first-order valence-electron chi connectivity index (χ1n) is 9.80. The molecule has 2 heterocycles. The second-order valence-electron chi connectivity index (χ2n) is 6.96. The monoisotopic (exact) mass is 507 g/mol. The predicted molar refractivity (Wildman–Crippen MR) is 130 cm³/mol. The molecule has 1 aromatic heterocycles. The molecule has 1 N–H and O–H groups in total. The first kappa shape index (κ1) is 22.8. The van der Waals surface area contributed by atoms with Crippen LogP contribution in [0.25, 0.3) is 0 Å². The molecule has 0 radical (unpaired) electrons. The number of nitrogens with one attached hydrogen (secondary N) is 1. The number of hydrogen-bond acceptors (Lipinski definition) is 7.